The molecule has 0 saturated heterocycles. The molecule has 4 rings (SSSR count). The number of aromatic nitrogens is 4. The van der Waals surface area contributed by atoms with Crippen molar-refractivity contribution in [3.63, 3.8) is 0 Å². The third kappa shape index (κ3) is 4.08. The van der Waals surface area contributed by atoms with Crippen molar-refractivity contribution in [3.8, 4) is 17.5 Å². The third-order valence-electron chi connectivity index (χ3n) is 4.84. The first-order valence-corrected chi connectivity index (χ1v) is 9.70. The van der Waals surface area contributed by atoms with Crippen molar-refractivity contribution in [1.29, 1.82) is 0 Å². The van der Waals surface area contributed by atoms with Gasteiger partial charge in [-0.25, -0.2) is 4.79 Å². The Morgan fingerprint density at radius 3 is 2.19 bits per heavy atom. The zero-order valence-corrected chi connectivity index (χ0v) is 17.1. The van der Waals surface area contributed by atoms with Gasteiger partial charge in [-0.3, -0.25) is 18.5 Å². The summed E-state index contributed by atoms with van der Waals surface area (Å²) in [6.07, 6.45) is -0.960. The molecule has 0 aliphatic heterocycles. The molecule has 0 bridgehead atoms. The molecular weight excluding hydrogens is 400 g/mol. The predicted molar refractivity (Wildman–Crippen MR) is 115 cm³/mol. The minimum atomic E-state index is -0.960. The fourth-order valence-corrected chi connectivity index (χ4v) is 3.24. The van der Waals surface area contributed by atoms with Crippen molar-refractivity contribution in [2.24, 2.45) is 14.1 Å². The Labute approximate surface area is 177 Å². The molecule has 2 heterocycles. The van der Waals surface area contributed by atoms with Gasteiger partial charge in [0, 0.05) is 14.1 Å². The van der Waals surface area contributed by atoms with E-state index in [0.29, 0.717) is 11.5 Å². The second kappa shape index (κ2) is 8.49. The topological polar surface area (TPSA) is 101 Å². The number of aryl methyl sites for hydroxylation is 1. The first-order chi connectivity index (χ1) is 15.0. The Bertz CT molecular complexity index is 1310. The van der Waals surface area contributed by atoms with Gasteiger partial charge in [0.25, 0.3) is 5.56 Å². The normalized spacial score (nSPS) is 12.1. The zero-order valence-electron chi connectivity index (χ0n) is 17.1. The van der Waals surface area contributed by atoms with E-state index in [0.717, 1.165) is 4.57 Å². The van der Waals surface area contributed by atoms with Gasteiger partial charge in [-0.15, -0.1) is 0 Å². The molecule has 9 heteroatoms. The lowest BCUT2D eigenvalue weighted by Gasteiger charge is -2.15. The van der Waals surface area contributed by atoms with E-state index in [1.54, 1.807) is 36.4 Å². The molecule has 0 spiro atoms. The fraction of sp³-hybridized carbons (Fsp3) is 0.227. The highest BCUT2D eigenvalue weighted by molar-refractivity contribution is 5.72. The van der Waals surface area contributed by atoms with Crippen molar-refractivity contribution < 1.29 is 14.6 Å². The number of rotatable bonds is 7. The maximum absolute atomic E-state index is 12.9. The van der Waals surface area contributed by atoms with Crippen LogP contribution < -0.4 is 20.7 Å². The molecule has 4 aromatic rings. The maximum atomic E-state index is 12.9. The molecule has 1 N–H and O–H groups in total. The van der Waals surface area contributed by atoms with Crippen LogP contribution in [0.25, 0.3) is 11.2 Å². The van der Waals surface area contributed by atoms with E-state index in [1.165, 1.54) is 23.2 Å². The molecule has 1 atom stereocenters. The van der Waals surface area contributed by atoms with Crippen molar-refractivity contribution >= 4 is 11.2 Å². The molecule has 2 aromatic heterocycles. The van der Waals surface area contributed by atoms with E-state index >= 15 is 0 Å². The predicted octanol–water partition coefficient (Wildman–Crippen LogP) is 1.67. The van der Waals surface area contributed by atoms with Gasteiger partial charge in [0.2, 0.25) is 0 Å². The molecule has 0 amide bonds. The Morgan fingerprint density at radius 1 is 0.935 bits per heavy atom. The monoisotopic (exact) mass is 422 g/mol. The van der Waals surface area contributed by atoms with Crippen molar-refractivity contribution in [2.75, 3.05) is 6.61 Å². The van der Waals surface area contributed by atoms with Crippen LogP contribution in [0.1, 0.15) is 0 Å². The van der Waals surface area contributed by atoms with Crippen LogP contribution in [0.3, 0.4) is 0 Å². The summed E-state index contributed by atoms with van der Waals surface area (Å²) < 4.78 is 15.3. The lowest BCUT2D eigenvalue weighted by molar-refractivity contribution is 0.0915. The molecular formula is C22H22N4O5. The molecule has 9 nitrogen and oxygen atoms in total. The van der Waals surface area contributed by atoms with E-state index in [9.17, 15) is 14.7 Å². The molecule has 2 aromatic carbocycles. The number of hydrogen-bond donors (Lipinski definition) is 1. The number of nitrogens with zero attached hydrogens (tertiary/aromatic N) is 4. The molecule has 0 saturated carbocycles. The summed E-state index contributed by atoms with van der Waals surface area (Å²) in [5.74, 6) is 1.13. The van der Waals surface area contributed by atoms with E-state index in [1.807, 2.05) is 24.3 Å². The second-order valence-electron chi connectivity index (χ2n) is 7.08. The maximum Gasteiger partial charge on any atom is 0.332 e. The fourth-order valence-electron chi connectivity index (χ4n) is 3.24. The summed E-state index contributed by atoms with van der Waals surface area (Å²) in [7, 11) is 2.93. The summed E-state index contributed by atoms with van der Waals surface area (Å²) in [4.78, 5) is 29.6. The number of fused-ring (bicyclic) bond motifs is 1. The Hall–Kier alpha value is -3.85. The molecule has 31 heavy (non-hydrogen) atoms. The molecule has 0 unspecified atom stereocenters. The minimum absolute atomic E-state index is 0.000539. The lowest BCUT2D eigenvalue weighted by atomic mass is 10.3. The molecule has 160 valence electrons. The smallest absolute Gasteiger partial charge is 0.332 e. The van der Waals surface area contributed by atoms with Gasteiger partial charge in [-0.2, -0.15) is 4.98 Å². The van der Waals surface area contributed by atoms with Crippen LogP contribution >= 0.6 is 0 Å². The largest absolute Gasteiger partial charge is 0.491 e. The van der Waals surface area contributed by atoms with Crippen LogP contribution in [0.5, 0.6) is 17.5 Å². The van der Waals surface area contributed by atoms with Crippen LogP contribution in [0.15, 0.2) is 70.3 Å². The zero-order chi connectivity index (χ0) is 22.0. The van der Waals surface area contributed by atoms with Crippen LogP contribution in [0.2, 0.25) is 0 Å². The highest BCUT2D eigenvalue weighted by atomic mass is 16.5. The van der Waals surface area contributed by atoms with Crippen molar-refractivity contribution in [3.05, 3.63) is 81.5 Å². The number of ether oxygens (including phenoxy) is 2. The van der Waals surface area contributed by atoms with Gasteiger partial charge in [-0.05, 0) is 24.3 Å². The van der Waals surface area contributed by atoms with Gasteiger partial charge in [0.1, 0.15) is 24.2 Å². The van der Waals surface area contributed by atoms with Crippen LogP contribution in [0.4, 0.5) is 0 Å². The summed E-state index contributed by atoms with van der Waals surface area (Å²) in [6.45, 7) is -0.0144. The van der Waals surface area contributed by atoms with E-state index in [2.05, 4.69) is 4.98 Å². The number of para-hydroxylation sites is 2. The average molecular weight is 422 g/mol. The number of aliphatic hydroxyl groups excluding tert-OH is 1. The summed E-state index contributed by atoms with van der Waals surface area (Å²) in [6, 6.07) is 18.2. The highest BCUT2D eigenvalue weighted by Crippen LogP contribution is 2.24. The second-order valence-corrected chi connectivity index (χ2v) is 7.08. The Balaban J connectivity index is 1.73. The van der Waals surface area contributed by atoms with Gasteiger partial charge >= 0.3 is 11.7 Å². The molecule has 0 aliphatic carbocycles. The Kier molecular flexibility index (Phi) is 5.59. The summed E-state index contributed by atoms with van der Waals surface area (Å²) in [5.41, 5.74) is -0.685. The van der Waals surface area contributed by atoms with Gasteiger partial charge in [0.15, 0.2) is 11.2 Å². The molecule has 0 aliphatic rings. The van der Waals surface area contributed by atoms with Crippen LogP contribution in [-0.2, 0) is 20.6 Å². The minimum Gasteiger partial charge on any atom is -0.491 e. The van der Waals surface area contributed by atoms with Crippen molar-refractivity contribution in [2.45, 2.75) is 12.6 Å². The number of benzene rings is 2. The number of hydrogen-bond acceptors (Lipinski definition) is 6. The quantitative estimate of drug-likeness (QED) is 0.486. The summed E-state index contributed by atoms with van der Waals surface area (Å²) >= 11 is 0. The van der Waals surface area contributed by atoms with Gasteiger partial charge in [-0.1, -0.05) is 36.4 Å². The number of imidazole rings is 1. The summed E-state index contributed by atoms with van der Waals surface area (Å²) in [5, 5.41) is 10.6. The molecule has 0 radical (unpaired) electrons. The average Bonchev–Trinajstić information content (AvgIpc) is 3.14. The van der Waals surface area contributed by atoms with Gasteiger partial charge < -0.3 is 14.6 Å². The standard InChI is InChI=1S/C22H22N4O5/c1-24-19-18(20(28)25(2)22(24)29)26(21(23-19)31-17-11-7-4-8-12-17)13-15(27)14-30-16-9-5-3-6-10-16/h3-12,15,27H,13-14H2,1-2H3/t15-/m1/s1. The van der Waals surface area contributed by atoms with Crippen LogP contribution in [0, 0.1) is 0 Å². The first kappa shape index (κ1) is 20.4. The molecule has 0 fully saturated rings. The third-order valence-corrected chi connectivity index (χ3v) is 4.84. The van der Waals surface area contributed by atoms with Gasteiger partial charge in [0.05, 0.1) is 6.54 Å². The SMILES string of the molecule is Cn1c(=O)c2c(nc(Oc3ccccc3)n2C[C@@H](O)COc2ccccc2)n(C)c1=O. The number of aliphatic hydroxyl groups is 1. The first-order valence-electron chi connectivity index (χ1n) is 9.70. The van der Waals surface area contributed by atoms with E-state index in [4.69, 9.17) is 9.47 Å². The highest BCUT2D eigenvalue weighted by Gasteiger charge is 2.22. The van der Waals surface area contributed by atoms with Crippen molar-refractivity contribution in [1.82, 2.24) is 18.7 Å². The Morgan fingerprint density at radius 2 is 1.55 bits per heavy atom. The lowest BCUT2D eigenvalue weighted by Crippen LogP contribution is -2.38. The van der Waals surface area contributed by atoms with E-state index < -0.39 is 17.4 Å². The van der Waals surface area contributed by atoms with E-state index in [-0.39, 0.29) is 30.3 Å². The van der Waals surface area contributed by atoms with Crippen LogP contribution in [-0.4, -0.2) is 36.5 Å².